The van der Waals surface area contributed by atoms with Crippen LogP contribution in [0.5, 0.6) is 5.75 Å². The summed E-state index contributed by atoms with van der Waals surface area (Å²) in [6.07, 6.45) is 3.25. The first kappa shape index (κ1) is 30.8. The van der Waals surface area contributed by atoms with E-state index in [1.165, 1.54) is 11.2 Å². The number of hydrogen-bond donors (Lipinski definition) is 2. The fourth-order valence-electron chi connectivity index (χ4n) is 4.62. The molecule has 224 valence electrons. The standard InChI is InChI=1S/C33H37N5O5/c1-3-17-38(28-14-8-5-9-15-28)31(39)22-37(21-26-13-10-16-29(18-26)42-2)32(40)30(19-27-20-34-24-35-27)36-33(41)43-23-25-11-6-4-7-12-25/h4-16,18,20,24,30H,3,17,19,21-23H2,1-2H3,(H,34,35)(H,36,41). The molecule has 0 radical (unpaired) electrons. The Hall–Kier alpha value is -5.12. The second-order valence-corrected chi connectivity index (χ2v) is 9.95. The third kappa shape index (κ3) is 9.19. The van der Waals surface area contributed by atoms with Crippen molar-refractivity contribution >= 4 is 23.6 Å². The topological polar surface area (TPSA) is 117 Å². The lowest BCUT2D eigenvalue weighted by atomic mass is 10.1. The lowest BCUT2D eigenvalue weighted by molar-refractivity contribution is -0.137. The number of anilines is 1. The number of methoxy groups -OCH3 is 1. The van der Waals surface area contributed by atoms with Gasteiger partial charge in [-0.25, -0.2) is 9.78 Å². The number of carbonyl (C=O) groups excluding carboxylic acids is 3. The molecule has 0 saturated heterocycles. The third-order valence-corrected chi connectivity index (χ3v) is 6.73. The number of rotatable bonds is 14. The smallest absolute Gasteiger partial charge is 0.408 e. The molecular weight excluding hydrogens is 546 g/mol. The highest BCUT2D eigenvalue weighted by atomic mass is 16.5. The monoisotopic (exact) mass is 583 g/mol. The zero-order chi connectivity index (χ0) is 30.4. The first-order valence-electron chi connectivity index (χ1n) is 14.2. The number of nitrogens with one attached hydrogen (secondary N) is 2. The Balaban J connectivity index is 1.59. The Kier molecular flexibility index (Phi) is 11.3. The highest BCUT2D eigenvalue weighted by Gasteiger charge is 2.30. The lowest BCUT2D eigenvalue weighted by Gasteiger charge is -2.30. The average molecular weight is 584 g/mol. The Morgan fingerprint density at radius 2 is 1.67 bits per heavy atom. The zero-order valence-electron chi connectivity index (χ0n) is 24.4. The zero-order valence-corrected chi connectivity index (χ0v) is 24.4. The van der Waals surface area contributed by atoms with Crippen LogP contribution in [-0.2, 0) is 33.9 Å². The highest BCUT2D eigenvalue weighted by Crippen LogP contribution is 2.18. The summed E-state index contributed by atoms with van der Waals surface area (Å²) in [7, 11) is 1.57. The van der Waals surface area contributed by atoms with Crippen molar-refractivity contribution in [3.05, 3.63) is 114 Å². The fraction of sp³-hybridized carbons (Fsp3) is 0.273. The number of amides is 3. The molecule has 1 atom stereocenters. The SMILES string of the molecule is CCCN(C(=O)CN(Cc1cccc(OC)c1)C(=O)C(Cc1c[nH]cn1)NC(=O)OCc1ccccc1)c1ccccc1. The molecule has 1 unspecified atom stereocenters. The second-order valence-electron chi connectivity index (χ2n) is 9.95. The predicted octanol–water partition coefficient (Wildman–Crippen LogP) is 4.73. The molecule has 0 aliphatic carbocycles. The van der Waals surface area contributed by atoms with Crippen LogP contribution in [0.2, 0.25) is 0 Å². The molecule has 0 saturated carbocycles. The number of alkyl carbamates (subject to hydrolysis) is 1. The summed E-state index contributed by atoms with van der Waals surface area (Å²) < 4.78 is 10.8. The second kappa shape index (κ2) is 15.8. The first-order chi connectivity index (χ1) is 21.0. The summed E-state index contributed by atoms with van der Waals surface area (Å²) in [4.78, 5) is 51.1. The molecule has 0 spiro atoms. The number of nitrogens with zero attached hydrogens (tertiary/aromatic N) is 3. The Morgan fingerprint density at radius 1 is 0.953 bits per heavy atom. The molecule has 4 aromatic rings. The van der Waals surface area contributed by atoms with Crippen LogP contribution in [0.15, 0.2) is 97.5 Å². The summed E-state index contributed by atoms with van der Waals surface area (Å²) in [6, 6.07) is 24.9. The summed E-state index contributed by atoms with van der Waals surface area (Å²) >= 11 is 0. The van der Waals surface area contributed by atoms with Gasteiger partial charge in [-0.15, -0.1) is 0 Å². The molecule has 4 rings (SSSR count). The third-order valence-electron chi connectivity index (χ3n) is 6.73. The van der Waals surface area contributed by atoms with E-state index in [0.717, 1.165) is 23.2 Å². The number of benzene rings is 3. The van der Waals surface area contributed by atoms with Gasteiger partial charge in [0.05, 0.1) is 19.1 Å². The van der Waals surface area contributed by atoms with Gasteiger partial charge in [0.25, 0.3) is 0 Å². The Labute approximate surface area is 251 Å². The number of aromatic nitrogens is 2. The van der Waals surface area contributed by atoms with Gasteiger partial charge in [-0.1, -0.05) is 67.6 Å². The van der Waals surface area contributed by atoms with E-state index in [9.17, 15) is 14.4 Å². The van der Waals surface area contributed by atoms with E-state index in [2.05, 4.69) is 15.3 Å². The van der Waals surface area contributed by atoms with E-state index < -0.39 is 18.0 Å². The molecule has 0 aliphatic rings. The van der Waals surface area contributed by atoms with Crippen LogP contribution >= 0.6 is 0 Å². The van der Waals surface area contributed by atoms with Crippen LogP contribution in [0.1, 0.15) is 30.2 Å². The van der Waals surface area contributed by atoms with E-state index in [-0.39, 0.29) is 32.0 Å². The van der Waals surface area contributed by atoms with Crippen LogP contribution in [0.4, 0.5) is 10.5 Å². The summed E-state index contributed by atoms with van der Waals surface area (Å²) in [5, 5.41) is 2.72. The molecule has 0 bridgehead atoms. The number of para-hydroxylation sites is 1. The van der Waals surface area contributed by atoms with Crippen molar-refractivity contribution in [2.45, 2.75) is 39.0 Å². The van der Waals surface area contributed by atoms with E-state index in [4.69, 9.17) is 9.47 Å². The minimum absolute atomic E-state index is 0.0467. The van der Waals surface area contributed by atoms with Gasteiger partial charge in [-0.2, -0.15) is 0 Å². The van der Waals surface area contributed by atoms with Crippen LogP contribution in [0, 0.1) is 0 Å². The molecular formula is C33H37N5O5. The van der Waals surface area contributed by atoms with E-state index in [1.807, 2.05) is 91.9 Å². The van der Waals surface area contributed by atoms with Gasteiger partial charge in [0, 0.05) is 31.4 Å². The first-order valence-corrected chi connectivity index (χ1v) is 14.2. The number of H-pyrrole nitrogens is 1. The van der Waals surface area contributed by atoms with Crippen molar-refractivity contribution in [3.8, 4) is 5.75 Å². The van der Waals surface area contributed by atoms with Gasteiger partial charge >= 0.3 is 6.09 Å². The predicted molar refractivity (Wildman–Crippen MR) is 163 cm³/mol. The van der Waals surface area contributed by atoms with E-state index in [0.29, 0.717) is 18.0 Å². The van der Waals surface area contributed by atoms with Crippen molar-refractivity contribution < 1.29 is 23.9 Å². The molecule has 0 fully saturated rings. The van der Waals surface area contributed by atoms with Gasteiger partial charge in [0.15, 0.2) is 0 Å². The number of hydrogen-bond acceptors (Lipinski definition) is 6. The number of aromatic amines is 1. The quantitative estimate of drug-likeness (QED) is 0.222. The normalized spacial score (nSPS) is 11.3. The largest absolute Gasteiger partial charge is 0.497 e. The number of ether oxygens (including phenoxy) is 2. The number of carbonyl (C=O) groups is 3. The van der Waals surface area contributed by atoms with Crippen LogP contribution in [0.25, 0.3) is 0 Å². The van der Waals surface area contributed by atoms with Crippen LogP contribution in [-0.4, -0.2) is 59.0 Å². The summed E-state index contributed by atoms with van der Waals surface area (Å²) in [6.45, 7) is 2.44. The lowest BCUT2D eigenvalue weighted by Crippen LogP contribution is -2.52. The van der Waals surface area contributed by atoms with Gasteiger partial charge < -0.3 is 29.6 Å². The minimum atomic E-state index is -1.04. The van der Waals surface area contributed by atoms with Gasteiger partial charge in [0.1, 0.15) is 24.9 Å². The van der Waals surface area contributed by atoms with E-state index in [1.54, 1.807) is 18.2 Å². The fourth-order valence-corrected chi connectivity index (χ4v) is 4.62. The molecule has 10 heteroatoms. The summed E-state index contributed by atoms with van der Waals surface area (Å²) in [5.74, 6) is -0.0568. The Bertz CT molecular complexity index is 1450. The van der Waals surface area contributed by atoms with Gasteiger partial charge in [0.2, 0.25) is 11.8 Å². The number of imidazole rings is 1. The summed E-state index contributed by atoms with van der Waals surface area (Å²) in [5.41, 5.74) is 2.91. The van der Waals surface area contributed by atoms with Crippen molar-refractivity contribution in [3.63, 3.8) is 0 Å². The molecule has 1 heterocycles. The molecule has 3 aromatic carbocycles. The van der Waals surface area contributed by atoms with Crippen molar-refractivity contribution in [2.24, 2.45) is 0 Å². The molecule has 2 N–H and O–H groups in total. The van der Waals surface area contributed by atoms with Crippen LogP contribution < -0.4 is 15.0 Å². The molecule has 10 nitrogen and oxygen atoms in total. The molecule has 43 heavy (non-hydrogen) atoms. The van der Waals surface area contributed by atoms with Crippen LogP contribution in [0.3, 0.4) is 0 Å². The molecule has 3 amide bonds. The molecule has 0 aliphatic heterocycles. The maximum Gasteiger partial charge on any atom is 0.408 e. The molecule has 1 aromatic heterocycles. The Morgan fingerprint density at radius 3 is 2.35 bits per heavy atom. The van der Waals surface area contributed by atoms with Gasteiger partial charge in [-0.05, 0) is 41.8 Å². The average Bonchev–Trinajstić information content (AvgIpc) is 3.56. The van der Waals surface area contributed by atoms with Crippen molar-refractivity contribution in [1.29, 1.82) is 0 Å². The minimum Gasteiger partial charge on any atom is -0.497 e. The van der Waals surface area contributed by atoms with Crippen molar-refractivity contribution in [1.82, 2.24) is 20.2 Å². The maximum atomic E-state index is 14.2. The van der Waals surface area contributed by atoms with Gasteiger partial charge in [-0.3, -0.25) is 9.59 Å². The van der Waals surface area contributed by atoms with Crippen molar-refractivity contribution in [2.75, 3.05) is 25.1 Å². The van der Waals surface area contributed by atoms with E-state index >= 15 is 0 Å². The highest BCUT2D eigenvalue weighted by molar-refractivity contribution is 5.97. The maximum absolute atomic E-state index is 14.2.